The molecule has 3 N–H and O–H groups in total. The monoisotopic (exact) mass is 563 g/mol. The molecule has 0 radical (unpaired) electrons. The molecule has 7 nitrogen and oxygen atoms in total. The van der Waals surface area contributed by atoms with Gasteiger partial charge in [0.1, 0.15) is 0 Å². The minimum atomic E-state index is -3.74. The van der Waals surface area contributed by atoms with Crippen molar-refractivity contribution in [2.45, 2.75) is 62.3 Å². The van der Waals surface area contributed by atoms with Gasteiger partial charge in [-0.15, -0.1) is 0 Å². The molecule has 1 aromatic rings. The van der Waals surface area contributed by atoms with Crippen molar-refractivity contribution in [3.63, 3.8) is 0 Å². The highest BCUT2D eigenvalue weighted by molar-refractivity contribution is 9.11. The Balaban J connectivity index is 1.63. The number of carbonyl (C=O) groups is 1. The summed E-state index contributed by atoms with van der Waals surface area (Å²) in [6.45, 7) is 2.45. The summed E-state index contributed by atoms with van der Waals surface area (Å²) in [5.74, 6) is 0.144. The van der Waals surface area contributed by atoms with Gasteiger partial charge in [-0.3, -0.25) is 4.79 Å². The number of nitrogens with zero attached hydrogens (tertiary/aromatic N) is 1. The van der Waals surface area contributed by atoms with Gasteiger partial charge < -0.3 is 15.2 Å². The fraction of sp³-hybridized carbons (Fsp3) is 0.632. The molecule has 0 spiro atoms. The van der Waals surface area contributed by atoms with Crippen LogP contribution in [0.3, 0.4) is 0 Å². The van der Waals surface area contributed by atoms with Gasteiger partial charge in [0, 0.05) is 40.0 Å². The van der Waals surface area contributed by atoms with Crippen LogP contribution in [0.15, 0.2) is 32.0 Å². The zero-order valence-electron chi connectivity index (χ0n) is 17.0. The van der Waals surface area contributed by atoms with Crippen LogP contribution in [0.1, 0.15) is 38.5 Å². The highest BCUT2D eigenvalue weighted by Gasteiger charge is 2.38. The van der Waals surface area contributed by atoms with Crippen molar-refractivity contribution in [1.29, 1.82) is 0 Å². The van der Waals surface area contributed by atoms with Gasteiger partial charge in [-0.25, -0.2) is 13.1 Å². The Morgan fingerprint density at radius 2 is 1.97 bits per heavy atom. The van der Waals surface area contributed by atoms with Crippen molar-refractivity contribution < 1.29 is 18.2 Å². The Bertz CT molecular complexity index is 865. The molecule has 1 aromatic carbocycles. The topological polar surface area (TPSA) is 98.7 Å². The van der Waals surface area contributed by atoms with Crippen molar-refractivity contribution in [3.8, 4) is 0 Å². The zero-order chi connectivity index (χ0) is 21.9. The lowest BCUT2D eigenvalue weighted by molar-refractivity contribution is -0.126. The smallest absolute Gasteiger partial charge is 0.376 e. The molecule has 0 unspecified atom stereocenters. The van der Waals surface area contributed by atoms with Gasteiger partial charge in [0.15, 0.2) is 0 Å². The Morgan fingerprint density at radius 3 is 2.63 bits per heavy atom. The molecule has 1 heterocycles. The second-order valence-corrected chi connectivity index (χ2v) is 11.6. The molecule has 0 bridgehead atoms. The summed E-state index contributed by atoms with van der Waals surface area (Å²) in [6, 6.07) is 4.51. The lowest BCUT2D eigenvalue weighted by Crippen LogP contribution is -2.47. The molecule has 0 aromatic heterocycles. The molecule has 2 aliphatic rings. The van der Waals surface area contributed by atoms with E-state index in [1.807, 2.05) is 4.81 Å². The van der Waals surface area contributed by atoms with Crippen LogP contribution in [0.2, 0.25) is 6.82 Å². The third-order valence-electron chi connectivity index (χ3n) is 5.93. The number of rotatable bonds is 7. The second-order valence-electron chi connectivity index (χ2n) is 8.19. The predicted octanol–water partition coefficient (Wildman–Crippen LogP) is 2.74. The normalized spacial score (nSPS) is 23.5. The third kappa shape index (κ3) is 6.07. The van der Waals surface area contributed by atoms with Crippen molar-refractivity contribution in [1.82, 2.24) is 14.8 Å². The fourth-order valence-electron chi connectivity index (χ4n) is 4.38. The number of nitrogens with one attached hydrogen (secondary N) is 2. The van der Waals surface area contributed by atoms with Crippen LogP contribution in [0.4, 0.5) is 0 Å². The summed E-state index contributed by atoms with van der Waals surface area (Å²) < 4.78 is 29.7. The van der Waals surface area contributed by atoms with E-state index in [9.17, 15) is 18.2 Å². The standard InChI is InChI=1S/C19H28BBr2N3O4S/c1-20(27)25-12-15(24-30(28,29)18-9-14(21)7-8-17(18)22)10-16(25)11-23-19(26)13-5-3-2-4-6-13/h7-9,13,15-16,24,27H,2-6,10-12H2,1H3,(H,23,26)/t15-,16-/m1/s1. The fourth-order valence-corrected chi connectivity index (χ4v) is 7.12. The number of hydrogen-bond acceptors (Lipinski definition) is 5. The lowest BCUT2D eigenvalue weighted by Gasteiger charge is -2.27. The molecule has 11 heteroatoms. The SMILES string of the molecule is CB(O)N1C[C@H](NS(=O)(=O)c2cc(Br)ccc2Br)C[C@@H]1CNC(=O)C1CCCCC1. The summed E-state index contributed by atoms with van der Waals surface area (Å²) >= 11 is 6.62. The van der Waals surface area contributed by atoms with Crippen LogP contribution in [0.5, 0.6) is 0 Å². The zero-order valence-corrected chi connectivity index (χ0v) is 21.0. The van der Waals surface area contributed by atoms with Crippen LogP contribution >= 0.6 is 31.9 Å². The molecule has 166 valence electrons. The van der Waals surface area contributed by atoms with E-state index < -0.39 is 17.1 Å². The quantitative estimate of drug-likeness (QED) is 0.442. The molecule has 1 saturated heterocycles. The predicted molar refractivity (Wildman–Crippen MR) is 124 cm³/mol. The number of hydrogen-bond donors (Lipinski definition) is 3. The molecule has 1 aliphatic heterocycles. The molecular formula is C19H28BBr2N3O4S. The molecule has 1 aliphatic carbocycles. The van der Waals surface area contributed by atoms with E-state index in [2.05, 4.69) is 41.9 Å². The molecule has 2 atom stereocenters. The Hall–Kier alpha value is -0.455. The van der Waals surface area contributed by atoms with E-state index >= 15 is 0 Å². The maximum absolute atomic E-state index is 12.9. The molecular weight excluding hydrogens is 537 g/mol. The Kier molecular flexibility index (Phi) is 8.42. The number of carbonyl (C=O) groups excluding carboxylic acids is 1. The Labute approximate surface area is 195 Å². The summed E-state index contributed by atoms with van der Waals surface area (Å²) in [5.41, 5.74) is 0. The number of benzene rings is 1. The van der Waals surface area contributed by atoms with Gasteiger partial charge in [0.25, 0.3) is 0 Å². The molecule has 3 rings (SSSR count). The number of halogens is 2. The van der Waals surface area contributed by atoms with Gasteiger partial charge in [-0.05, 0) is 60.2 Å². The average Bonchev–Trinajstić information content (AvgIpc) is 3.10. The molecule has 1 saturated carbocycles. The van der Waals surface area contributed by atoms with E-state index in [0.29, 0.717) is 28.5 Å². The maximum Gasteiger partial charge on any atom is 0.376 e. The Morgan fingerprint density at radius 1 is 1.27 bits per heavy atom. The van der Waals surface area contributed by atoms with E-state index in [1.165, 1.54) is 6.42 Å². The van der Waals surface area contributed by atoms with Crippen LogP contribution < -0.4 is 10.0 Å². The van der Waals surface area contributed by atoms with Crippen molar-refractivity contribution in [2.24, 2.45) is 5.92 Å². The van der Waals surface area contributed by atoms with Gasteiger partial charge in [0.05, 0.1) is 4.90 Å². The van der Waals surface area contributed by atoms with Crippen LogP contribution in [0.25, 0.3) is 0 Å². The molecule has 2 fully saturated rings. The minimum absolute atomic E-state index is 0.0716. The van der Waals surface area contributed by atoms with Gasteiger partial charge in [-0.2, -0.15) is 0 Å². The molecule has 1 amide bonds. The third-order valence-corrected chi connectivity index (χ3v) is 8.94. The van der Waals surface area contributed by atoms with Crippen molar-refractivity contribution in [2.75, 3.05) is 13.1 Å². The average molecular weight is 565 g/mol. The van der Waals surface area contributed by atoms with E-state index in [-0.39, 0.29) is 28.8 Å². The first-order chi connectivity index (χ1) is 14.2. The van der Waals surface area contributed by atoms with Gasteiger partial charge in [0.2, 0.25) is 15.9 Å². The van der Waals surface area contributed by atoms with Crippen LogP contribution in [-0.2, 0) is 14.8 Å². The van der Waals surface area contributed by atoms with Gasteiger partial charge in [-0.1, -0.05) is 35.2 Å². The van der Waals surface area contributed by atoms with Gasteiger partial charge >= 0.3 is 7.05 Å². The first-order valence-electron chi connectivity index (χ1n) is 10.4. The first-order valence-corrected chi connectivity index (χ1v) is 13.4. The van der Waals surface area contributed by atoms with E-state index in [0.717, 1.165) is 25.7 Å². The van der Waals surface area contributed by atoms with Crippen LogP contribution in [0, 0.1) is 5.92 Å². The van der Waals surface area contributed by atoms with Crippen molar-refractivity contribution in [3.05, 3.63) is 27.1 Å². The second kappa shape index (κ2) is 10.4. The largest absolute Gasteiger partial charge is 0.437 e. The highest BCUT2D eigenvalue weighted by Crippen LogP contribution is 2.28. The summed E-state index contributed by atoms with van der Waals surface area (Å²) in [7, 11) is -4.47. The lowest BCUT2D eigenvalue weighted by atomic mass is 9.84. The summed E-state index contributed by atoms with van der Waals surface area (Å²) in [5, 5.41) is 13.2. The molecule has 30 heavy (non-hydrogen) atoms. The van der Waals surface area contributed by atoms with Crippen molar-refractivity contribution >= 4 is 54.8 Å². The summed E-state index contributed by atoms with van der Waals surface area (Å²) in [4.78, 5) is 14.5. The summed E-state index contributed by atoms with van der Waals surface area (Å²) in [6.07, 6.45) is 5.76. The maximum atomic E-state index is 12.9. The highest BCUT2D eigenvalue weighted by atomic mass is 79.9. The first kappa shape index (κ1) is 24.2. The van der Waals surface area contributed by atoms with Crippen LogP contribution in [-0.4, -0.2) is 56.4 Å². The van der Waals surface area contributed by atoms with E-state index in [4.69, 9.17) is 0 Å². The number of amides is 1. The van der Waals surface area contributed by atoms with E-state index in [1.54, 1.807) is 25.0 Å². The minimum Gasteiger partial charge on any atom is -0.437 e. The number of sulfonamides is 1.